The van der Waals surface area contributed by atoms with Crippen molar-refractivity contribution in [2.24, 2.45) is 0 Å². The van der Waals surface area contributed by atoms with E-state index in [9.17, 15) is 4.79 Å². The van der Waals surface area contributed by atoms with E-state index in [4.69, 9.17) is 11.6 Å². The Balaban J connectivity index is 2.38. The highest BCUT2D eigenvalue weighted by Crippen LogP contribution is 2.38. The Bertz CT molecular complexity index is 341. The fourth-order valence-electron chi connectivity index (χ4n) is 1.66. The van der Waals surface area contributed by atoms with Crippen LogP contribution in [-0.2, 0) is 0 Å². The molecule has 0 amide bonds. The summed E-state index contributed by atoms with van der Waals surface area (Å²) >= 11 is 5.80. The lowest BCUT2D eigenvalue weighted by Crippen LogP contribution is -2.12. The van der Waals surface area contributed by atoms with Crippen LogP contribution in [0.1, 0.15) is 48.2 Å². The van der Waals surface area contributed by atoms with Crippen LogP contribution in [0.4, 0.5) is 0 Å². The molecule has 1 aromatic rings. The SMILES string of the molecule is CC(=O)c1c(Cl)n[nH]c1C1CCC1. The fraction of sp³-hybridized carbons (Fsp3) is 0.556. The van der Waals surface area contributed by atoms with Gasteiger partial charge in [-0.25, -0.2) is 0 Å². The smallest absolute Gasteiger partial charge is 0.164 e. The second kappa shape index (κ2) is 3.14. The molecule has 4 heteroatoms. The molecule has 0 atom stereocenters. The molecule has 0 aromatic carbocycles. The molecule has 3 nitrogen and oxygen atoms in total. The first-order valence-corrected chi connectivity index (χ1v) is 4.82. The van der Waals surface area contributed by atoms with E-state index in [1.165, 1.54) is 13.3 Å². The minimum Gasteiger partial charge on any atom is -0.294 e. The molecule has 70 valence electrons. The normalized spacial score (nSPS) is 17.1. The molecule has 1 saturated carbocycles. The van der Waals surface area contributed by atoms with E-state index in [1.807, 2.05) is 0 Å². The number of Topliss-reactive ketones (excluding diaryl/α,β-unsaturated/α-hetero) is 1. The van der Waals surface area contributed by atoms with Gasteiger partial charge in [0.2, 0.25) is 0 Å². The maximum atomic E-state index is 11.2. The number of aromatic nitrogens is 2. The molecular formula is C9H11ClN2O. The van der Waals surface area contributed by atoms with E-state index >= 15 is 0 Å². The monoisotopic (exact) mass is 198 g/mol. The number of carbonyl (C=O) groups is 1. The second-order valence-electron chi connectivity index (χ2n) is 3.49. The summed E-state index contributed by atoms with van der Waals surface area (Å²) in [5, 5.41) is 7.03. The summed E-state index contributed by atoms with van der Waals surface area (Å²) in [6.07, 6.45) is 3.51. The quantitative estimate of drug-likeness (QED) is 0.743. The van der Waals surface area contributed by atoms with Crippen molar-refractivity contribution < 1.29 is 4.79 Å². The molecule has 1 fully saturated rings. The zero-order valence-corrected chi connectivity index (χ0v) is 8.19. The lowest BCUT2D eigenvalue weighted by molar-refractivity contribution is 0.101. The molecule has 1 N–H and O–H groups in total. The highest BCUT2D eigenvalue weighted by Gasteiger charge is 2.27. The van der Waals surface area contributed by atoms with Gasteiger partial charge >= 0.3 is 0 Å². The van der Waals surface area contributed by atoms with Crippen LogP contribution in [0.5, 0.6) is 0 Å². The van der Waals surface area contributed by atoms with Gasteiger partial charge in [0.05, 0.1) is 11.3 Å². The van der Waals surface area contributed by atoms with E-state index in [0.29, 0.717) is 16.6 Å². The first kappa shape index (κ1) is 8.75. The van der Waals surface area contributed by atoms with Gasteiger partial charge in [0.25, 0.3) is 0 Å². The molecule has 0 unspecified atom stereocenters. The van der Waals surface area contributed by atoms with Crippen molar-refractivity contribution in [2.45, 2.75) is 32.1 Å². The summed E-state index contributed by atoms with van der Waals surface area (Å²) in [7, 11) is 0. The van der Waals surface area contributed by atoms with Crippen molar-refractivity contribution in [3.05, 3.63) is 16.4 Å². The average molecular weight is 199 g/mol. The Morgan fingerprint density at radius 2 is 2.31 bits per heavy atom. The third-order valence-electron chi connectivity index (χ3n) is 2.62. The Hall–Kier alpha value is -0.830. The van der Waals surface area contributed by atoms with Crippen molar-refractivity contribution in [3.63, 3.8) is 0 Å². The van der Waals surface area contributed by atoms with Crippen LogP contribution in [0.2, 0.25) is 5.15 Å². The molecule has 1 aliphatic rings. The zero-order valence-electron chi connectivity index (χ0n) is 7.43. The van der Waals surface area contributed by atoms with E-state index in [2.05, 4.69) is 10.2 Å². The van der Waals surface area contributed by atoms with Crippen LogP contribution < -0.4 is 0 Å². The number of H-pyrrole nitrogens is 1. The summed E-state index contributed by atoms with van der Waals surface area (Å²) < 4.78 is 0. The van der Waals surface area contributed by atoms with Crippen molar-refractivity contribution in [3.8, 4) is 0 Å². The minimum atomic E-state index is 0.000602. The van der Waals surface area contributed by atoms with Gasteiger partial charge in [-0.15, -0.1) is 0 Å². The van der Waals surface area contributed by atoms with Crippen LogP contribution in [0.3, 0.4) is 0 Å². The molecule has 0 spiro atoms. The number of nitrogens with zero attached hydrogens (tertiary/aromatic N) is 1. The summed E-state index contributed by atoms with van der Waals surface area (Å²) in [6, 6.07) is 0. The number of ketones is 1. The van der Waals surface area contributed by atoms with Gasteiger partial charge in [-0.05, 0) is 19.8 Å². The number of hydrogen-bond donors (Lipinski definition) is 1. The molecule has 1 aliphatic carbocycles. The average Bonchev–Trinajstić information content (AvgIpc) is 2.28. The number of carbonyl (C=O) groups excluding carboxylic acids is 1. The molecule has 0 radical (unpaired) electrons. The molecule has 1 heterocycles. The summed E-state index contributed by atoms with van der Waals surface area (Å²) in [4.78, 5) is 11.2. The Morgan fingerprint density at radius 3 is 2.77 bits per heavy atom. The van der Waals surface area contributed by atoms with Gasteiger partial charge in [0.15, 0.2) is 10.9 Å². The minimum absolute atomic E-state index is 0.000602. The first-order chi connectivity index (χ1) is 6.20. The van der Waals surface area contributed by atoms with E-state index in [0.717, 1.165) is 18.5 Å². The van der Waals surface area contributed by atoms with Crippen molar-refractivity contribution in [2.75, 3.05) is 0 Å². The maximum absolute atomic E-state index is 11.2. The summed E-state index contributed by atoms with van der Waals surface area (Å²) in [5.74, 6) is 0.472. The van der Waals surface area contributed by atoms with Crippen molar-refractivity contribution >= 4 is 17.4 Å². The number of aromatic amines is 1. The predicted octanol–water partition coefficient (Wildman–Crippen LogP) is 2.53. The maximum Gasteiger partial charge on any atom is 0.164 e. The van der Waals surface area contributed by atoms with Gasteiger partial charge in [-0.1, -0.05) is 18.0 Å². The second-order valence-corrected chi connectivity index (χ2v) is 3.85. The van der Waals surface area contributed by atoms with Crippen LogP contribution in [0.25, 0.3) is 0 Å². The van der Waals surface area contributed by atoms with Gasteiger partial charge < -0.3 is 0 Å². The lowest BCUT2D eigenvalue weighted by atomic mass is 9.81. The Morgan fingerprint density at radius 1 is 1.62 bits per heavy atom. The van der Waals surface area contributed by atoms with E-state index < -0.39 is 0 Å². The fourth-order valence-corrected chi connectivity index (χ4v) is 1.94. The number of rotatable bonds is 2. The van der Waals surface area contributed by atoms with Crippen LogP contribution in [0, 0.1) is 0 Å². The van der Waals surface area contributed by atoms with Crippen molar-refractivity contribution in [1.82, 2.24) is 10.2 Å². The third-order valence-corrected chi connectivity index (χ3v) is 2.89. The van der Waals surface area contributed by atoms with Gasteiger partial charge in [-0.3, -0.25) is 9.89 Å². The predicted molar refractivity (Wildman–Crippen MR) is 50.2 cm³/mol. The summed E-state index contributed by atoms with van der Waals surface area (Å²) in [6.45, 7) is 1.53. The van der Waals surface area contributed by atoms with Crippen molar-refractivity contribution in [1.29, 1.82) is 0 Å². The standard InChI is InChI=1S/C9H11ClN2O/c1-5(13)7-8(6-3-2-4-6)11-12-9(7)10/h6H,2-4H2,1H3,(H,11,12). The van der Waals surface area contributed by atoms with E-state index in [-0.39, 0.29) is 5.78 Å². The molecule has 2 rings (SSSR count). The molecule has 0 aliphatic heterocycles. The zero-order chi connectivity index (χ0) is 9.42. The molecule has 1 aromatic heterocycles. The summed E-state index contributed by atoms with van der Waals surface area (Å²) in [5.41, 5.74) is 1.52. The number of hydrogen-bond acceptors (Lipinski definition) is 2. The van der Waals surface area contributed by atoms with Crippen LogP contribution in [0.15, 0.2) is 0 Å². The Labute approximate surface area is 81.5 Å². The molecule has 13 heavy (non-hydrogen) atoms. The van der Waals surface area contributed by atoms with Gasteiger partial charge in [-0.2, -0.15) is 5.10 Å². The van der Waals surface area contributed by atoms with Gasteiger partial charge in [0.1, 0.15) is 0 Å². The first-order valence-electron chi connectivity index (χ1n) is 4.45. The third kappa shape index (κ3) is 1.37. The number of nitrogens with one attached hydrogen (secondary N) is 1. The molecule has 0 saturated heterocycles. The molecular weight excluding hydrogens is 188 g/mol. The highest BCUT2D eigenvalue weighted by atomic mass is 35.5. The molecule has 0 bridgehead atoms. The van der Waals surface area contributed by atoms with Crippen LogP contribution >= 0.6 is 11.6 Å². The van der Waals surface area contributed by atoms with E-state index in [1.54, 1.807) is 0 Å². The largest absolute Gasteiger partial charge is 0.294 e. The lowest BCUT2D eigenvalue weighted by Gasteiger charge is -2.24. The highest BCUT2D eigenvalue weighted by molar-refractivity contribution is 6.32. The Kier molecular flexibility index (Phi) is 2.12. The topological polar surface area (TPSA) is 45.8 Å². The van der Waals surface area contributed by atoms with Crippen LogP contribution in [-0.4, -0.2) is 16.0 Å². The van der Waals surface area contributed by atoms with Gasteiger partial charge in [0, 0.05) is 5.92 Å². The number of halogens is 1.